The zero-order valence-corrected chi connectivity index (χ0v) is 13.6. The quantitative estimate of drug-likeness (QED) is 0.672. The molecule has 3 saturated carbocycles. The molecule has 3 rings (SSSR count). The third-order valence-electron chi connectivity index (χ3n) is 7.78. The lowest BCUT2D eigenvalue weighted by Gasteiger charge is -2.52. The second-order valence-corrected chi connectivity index (χ2v) is 8.56. The molecular weight excluding hydrogens is 244 g/mol. The van der Waals surface area contributed by atoms with E-state index in [1.165, 1.54) is 44.1 Å². The SMILES string of the molecule is C=C1CCC2CC([C@@]3(C)CC[C@H](O)C[C@@H]3C)CC[C@]12C. The summed E-state index contributed by atoms with van der Waals surface area (Å²) < 4.78 is 0. The van der Waals surface area contributed by atoms with Crippen LogP contribution in [0.1, 0.15) is 72.1 Å². The van der Waals surface area contributed by atoms with Gasteiger partial charge in [-0.05, 0) is 80.0 Å². The van der Waals surface area contributed by atoms with E-state index in [2.05, 4.69) is 27.4 Å². The Morgan fingerprint density at radius 3 is 2.50 bits per heavy atom. The van der Waals surface area contributed by atoms with Crippen LogP contribution in [-0.4, -0.2) is 11.2 Å². The monoisotopic (exact) mass is 276 g/mol. The van der Waals surface area contributed by atoms with Crippen LogP contribution in [0.3, 0.4) is 0 Å². The number of rotatable bonds is 1. The molecule has 0 spiro atoms. The van der Waals surface area contributed by atoms with E-state index in [-0.39, 0.29) is 6.10 Å². The largest absolute Gasteiger partial charge is 0.393 e. The highest BCUT2D eigenvalue weighted by Gasteiger charge is 2.51. The van der Waals surface area contributed by atoms with E-state index < -0.39 is 0 Å². The van der Waals surface area contributed by atoms with Gasteiger partial charge in [0.1, 0.15) is 0 Å². The standard InChI is InChI=1S/C19H32O/c1-13-5-6-15-12-16(7-9-18(13,15)3)19(4)10-8-17(20)11-14(19)2/h14-17,20H,1,5-12H2,2-4H3/t14-,15?,16?,17-,18+,19-/m0/s1. The van der Waals surface area contributed by atoms with Crippen LogP contribution in [0.4, 0.5) is 0 Å². The molecule has 1 heteroatoms. The summed E-state index contributed by atoms with van der Waals surface area (Å²) in [7, 11) is 0. The predicted molar refractivity (Wildman–Crippen MR) is 84.4 cm³/mol. The van der Waals surface area contributed by atoms with Crippen molar-refractivity contribution in [2.75, 3.05) is 0 Å². The second kappa shape index (κ2) is 4.87. The molecule has 0 bridgehead atoms. The highest BCUT2D eigenvalue weighted by molar-refractivity contribution is 5.19. The summed E-state index contributed by atoms with van der Waals surface area (Å²) in [6.45, 7) is 11.7. The molecule has 0 aromatic heterocycles. The molecule has 3 aliphatic rings. The number of hydrogen-bond acceptors (Lipinski definition) is 1. The molecule has 0 saturated heterocycles. The topological polar surface area (TPSA) is 20.2 Å². The zero-order chi connectivity index (χ0) is 14.5. The molecule has 0 aliphatic heterocycles. The number of aliphatic hydroxyl groups excluding tert-OH is 1. The minimum atomic E-state index is -0.0433. The maximum absolute atomic E-state index is 9.92. The van der Waals surface area contributed by atoms with Crippen LogP contribution in [0.15, 0.2) is 12.2 Å². The fourth-order valence-corrected chi connectivity index (χ4v) is 5.66. The van der Waals surface area contributed by atoms with E-state index in [9.17, 15) is 5.11 Å². The van der Waals surface area contributed by atoms with Gasteiger partial charge in [0.25, 0.3) is 0 Å². The van der Waals surface area contributed by atoms with Crippen molar-refractivity contribution in [2.45, 2.75) is 78.2 Å². The molecule has 20 heavy (non-hydrogen) atoms. The molecule has 2 unspecified atom stereocenters. The first-order chi connectivity index (χ1) is 9.36. The summed E-state index contributed by atoms with van der Waals surface area (Å²) >= 11 is 0. The minimum Gasteiger partial charge on any atom is -0.393 e. The average molecular weight is 276 g/mol. The third-order valence-corrected chi connectivity index (χ3v) is 7.78. The van der Waals surface area contributed by atoms with E-state index in [1.807, 2.05) is 0 Å². The Balaban J connectivity index is 1.75. The normalized spacial score (nSPS) is 52.9. The van der Waals surface area contributed by atoms with Crippen molar-refractivity contribution in [2.24, 2.45) is 28.6 Å². The molecule has 1 N–H and O–H groups in total. The fraction of sp³-hybridized carbons (Fsp3) is 0.895. The highest BCUT2D eigenvalue weighted by atomic mass is 16.3. The number of aliphatic hydroxyl groups is 1. The summed E-state index contributed by atoms with van der Waals surface area (Å²) in [6, 6.07) is 0. The Labute approximate surface area is 124 Å². The molecule has 1 nitrogen and oxygen atoms in total. The third kappa shape index (κ3) is 2.08. The second-order valence-electron chi connectivity index (χ2n) is 8.56. The summed E-state index contributed by atoms with van der Waals surface area (Å²) in [4.78, 5) is 0. The summed E-state index contributed by atoms with van der Waals surface area (Å²) in [5.74, 6) is 2.42. The van der Waals surface area contributed by atoms with Gasteiger partial charge in [0.2, 0.25) is 0 Å². The van der Waals surface area contributed by atoms with Crippen molar-refractivity contribution in [3.63, 3.8) is 0 Å². The first-order valence-corrected chi connectivity index (χ1v) is 8.72. The van der Waals surface area contributed by atoms with Gasteiger partial charge in [0, 0.05) is 0 Å². The molecule has 0 aromatic carbocycles. The Hall–Kier alpha value is -0.300. The van der Waals surface area contributed by atoms with Gasteiger partial charge in [-0.15, -0.1) is 0 Å². The highest BCUT2D eigenvalue weighted by Crippen LogP contribution is 2.60. The molecule has 0 amide bonds. The molecule has 6 atom stereocenters. The van der Waals surface area contributed by atoms with E-state index >= 15 is 0 Å². The number of allylic oxidation sites excluding steroid dienone is 1. The van der Waals surface area contributed by atoms with Gasteiger partial charge < -0.3 is 5.11 Å². The van der Waals surface area contributed by atoms with Crippen molar-refractivity contribution in [3.05, 3.63) is 12.2 Å². The molecule has 0 radical (unpaired) electrons. The Bertz CT molecular complexity index is 401. The number of hydrogen-bond donors (Lipinski definition) is 1. The van der Waals surface area contributed by atoms with Gasteiger partial charge in [-0.3, -0.25) is 0 Å². The van der Waals surface area contributed by atoms with Gasteiger partial charge >= 0.3 is 0 Å². The zero-order valence-electron chi connectivity index (χ0n) is 13.6. The minimum absolute atomic E-state index is 0.0433. The van der Waals surface area contributed by atoms with E-state index in [0.29, 0.717) is 16.7 Å². The van der Waals surface area contributed by atoms with Crippen molar-refractivity contribution in [1.82, 2.24) is 0 Å². The summed E-state index contributed by atoms with van der Waals surface area (Å²) in [6.07, 6.45) is 10.00. The van der Waals surface area contributed by atoms with E-state index in [4.69, 9.17) is 0 Å². The number of fused-ring (bicyclic) bond motifs is 1. The van der Waals surface area contributed by atoms with Crippen molar-refractivity contribution < 1.29 is 5.11 Å². The van der Waals surface area contributed by atoms with Gasteiger partial charge in [0.05, 0.1) is 6.10 Å². The van der Waals surface area contributed by atoms with Crippen LogP contribution in [0.2, 0.25) is 0 Å². The maximum Gasteiger partial charge on any atom is 0.0543 e. The van der Waals surface area contributed by atoms with Crippen molar-refractivity contribution in [3.8, 4) is 0 Å². The Kier molecular flexibility index (Phi) is 3.56. The predicted octanol–water partition coefficient (Wildman–Crippen LogP) is 4.95. The first kappa shape index (κ1) is 14.6. The lowest BCUT2D eigenvalue weighted by atomic mass is 9.53. The lowest BCUT2D eigenvalue weighted by Crippen LogP contribution is -2.44. The van der Waals surface area contributed by atoms with Crippen LogP contribution in [0, 0.1) is 28.6 Å². The lowest BCUT2D eigenvalue weighted by molar-refractivity contribution is -0.0422. The van der Waals surface area contributed by atoms with Gasteiger partial charge in [-0.2, -0.15) is 0 Å². The molecule has 3 aliphatic carbocycles. The Morgan fingerprint density at radius 1 is 1.05 bits per heavy atom. The smallest absolute Gasteiger partial charge is 0.0543 e. The van der Waals surface area contributed by atoms with Gasteiger partial charge in [-0.1, -0.05) is 32.9 Å². The maximum atomic E-state index is 9.92. The summed E-state index contributed by atoms with van der Waals surface area (Å²) in [5.41, 5.74) is 2.44. The first-order valence-electron chi connectivity index (χ1n) is 8.72. The van der Waals surface area contributed by atoms with E-state index in [0.717, 1.165) is 24.7 Å². The molecule has 114 valence electrons. The molecule has 0 heterocycles. The molecule has 0 aromatic rings. The van der Waals surface area contributed by atoms with Gasteiger partial charge in [-0.25, -0.2) is 0 Å². The van der Waals surface area contributed by atoms with Crippen molar-refractivity contribution >= 4 is 0 Å². The Morgan fingerprint density at radius 2 is 1.80 bits per heavy atom. The molecule has 3 fully saturated rings. The fourth-order valence-electron chi connectivity index (χ4n) is 5.66. The average Bonchev–Trinajstić information content (AvgIpc) is 2.70. The van der Waals surface area contributed by atoms with Crippen LogP contribution < -0.4 is 0 Å². The van der Waals surface area contributed by atoms with Crippen LogP contribution in [-0.2, 0) is 0 Å². The van der Waals surface area contributed by atoms with E-state index in [1.54, 1.807) is 0 Å². The van der Waals surface area contributed by atoms with Crippen LogP contribution in [0.5, 0.6) is 0 Å². The van der Waals surface area contributed by atoms with Crippen LogP contribution in [0.25, 0.3) is 0 Å². The van der Waals surface area contributed by atoms with Crippen LogP contribution >= 0.6 is 0 Å². The summed E-state index contributed by atoms with van der Waals surface area (Å²) in [5, 5.41) is 9.92. The van der Waals surface area contributed by atoms with Crippen molar-refractivity contribution in [1.29, 1.82) is 0 Å². The van der Waals surface area contributed by atoms with Gasteiger partial charge in [0.15, 0.2) is 0 Å². The molecular formula is C19H32O.